The van der Waals surface area contributed by atoms with Crippen molar-refractivity contribution in [3.05, 3.63) is 61.8 Å². The Morgan fingerprint density at radius 3 is 1.35 bits per heavy atom. The van der Waals surface area contributed by atoms with Crippen molar-refractivity contribution in [3.63, 3.8) is 0 Å². The van der Waals surface area contributed by atoms with Gasteiger partial charge < -0.3 is 15.3 Å². The molecular weight excluding hydrogens is 491 g/mol. The molecule has 4 heteroatoms. The molecule has 26 heavy (non-hydrogen) atoms. The van der Waals surface area contributed by atoms with Crippen LogP contribution in [0.2, 0.25) is 0 Å². The first-order chi connectivity index (χ1) is 11.7. The second kappa shape index (κ2) is 26.7. The predicted molar refractivity (Wildman–Crippen MR) is 104 cm³/mol. The van der Waals surface area contributed by atoms with Crippen molar-refractivity contribution in [3.8, 4) is 0 Å². The third kappa shape index (κ3) is 38.8. The Kier molecular flexibility index (Phi) is 33.9. The second-order valence-electron chi connectivity index (χ2n) is 5.67. The Balaban J connectivity index is -0.000000123. The van der Waals surface area contributed by atoms with E-state index in [9.17, 15) is 15.3 Å². The van der Waals surface area contributed by atoms with E-state index >= 15 is 0 Å². The predicted octanol–water partition coefficient (Wildman–Crippen LogP) is 3.02. The van der Waals surface area contributed by atoms with Crippen LogP contribution in [-0.2, 0) is 25.8 Å². The molecule has 0 aromatic heterocycles. The molecule has 146 valence electrons. The smallest absolute Gasteiger partial charge is 0.852 e. The van der Waals surface area contributed by atoms with E-state index in [1.165, 1.54) is 5.57 Å². The van der Waals surface area contributed by atoms with Crippen LogP contribution in [0, 0.1) is 6.08 Å². The van der Waals surface area contributed by atoms with Gasteiger partial charge in [0.05, 0.1) is 0 Å². The van der Waals surface area contributed by atoms with Gasteiger partial charge in [-0.2, -0.15) is 6.08 Å². The van der Waals surface area contributed by atoms with Crippen molar-refractivity contribution in [1.29, 1.82) is 0 Å². The second-order valence-corrected chi connectivity index (χ2v) is 5.67. The van der Waals surface area contributed by atoms with Crippen LogP contribution in [-0.4, -0.2) is 18.3 Å². The maximum atomic E-state index is 10.1. The van der Waals surface area contributed by atoms with Crippen LogP contribution in [0.1, 0.15) is 59.8 Å². The van der Waals surface area contributed by atoms with Gasteiger partial charge in [-0.25, -0.2) is 11.6 Å². The van der Waals surface area contributed by atoms with Crippen LogP contribution in [0.3, 0.4) is 0 Å². The van der Waals surface area contributed by atoms with Gasteiger partial charge in [0.25, 0.3) is 0 Å². The first-order valence-electron chi connectivity index (χ1n) is 8.81. The van der Waals surface area contributed by atoms with Crippen molar-refractivity contribution in [2.45, 2.75) is 78.1 Å². The molecular formula is C22H36HfO3. The molecule has 1 aliphatic carbocycles. The third-order valence-electron chi connectivity index (χ3n) is 2.64. The molecule has 0 fully saturated rings. The summed E-state index contributed by atoms with van der Waals surface area (Å²) in [5.41, 5.74) is 1.36. The van der Waals surface area contributed by atoms with E-state index in [0.717, 1.165) is 12.8 Å². The molecule has 3 nitrogen and oxygen atoms in total. The minimum Gasteiger partial charge on any atom is -0.852 e. The van der Waals surface area contributed by atoms with E-state index in [2.05, 4.69) is 44.9 Å². The molecule has 0 N–H and O–H groups in total. The fourth-order valence-corrected chi connectivity index (χ4v) is 1.40. The van der Waals surface area contributed by atoms with Gasteiger partial charge in [0.2, 0.25) is 0 Å². The van der Waals surface area contributed by atoms with Crippen molar-refractivity contribution in [1.82, 2.24) is 0 Å². The first kappa shape index (κ1) is 33.1. The average Bonchev–Trinajstić information content (AvgIpc) is 3.02. The van der Waals surface area contributed by atoms with E-state index < -0.39 is 18.3 Å². The molecule has 0 saturated heterocycles. The van der Waals surface area contributed by atoms with E-state index in [4.69, 9.17) is 0 Å². The molecule has 1 aliphatic rings. The van der Waals surface area contributed by atoms with Crippen LogP contribution in [0.15, 0.2) is 55.7 Å². The zero-order valence-electron chi connectivity index (χ0n) is 17.0. The summed E-state index contributed by atoms with van der Waals surface area (Å²) in [4.78, 5) is 0. The van der Waals surface area contributed by atoms with Crippen LogP contribution >= 0.6 is 0 Å². The summed E-state index contributed by atoms with van der Waals surface area (Å²) in [6.45, 7) is 17.2. The Hall–Kier alpha value is -0.550. The maximum Gasteiger partial charge on any atom is 4.00 e. The Bertz CT molecular complexity index is 336. The van der Waals surface area contributed by atoms with Gasteiger partial charge in [-0.3, -0.25) is 6.08 Å². The average molecular weight is 527 g/mol. The van der Waals surface area contributed by atoms with Gasteiger partial charge >= 0.3 is 25.8 Å². The molecule has 0 aliphatic heterocycles. The zero-order chi connectivity index (χ0) is 20.1. The van der Waals surface area contributed by atoms with Gasteiger partial charge in [0.1, 0.15) is 0 Å². The first-order valence-corrected chi connectivity index (χ1v) is 8.81. The summed E-state index contributed by atoms with van der Waals surface area (Å²) >= 11 is 0. The number of allylic oxidation sites excluding steroid dienone is 4. The monoisotopic (exact) mass is 528 g/mol. The number of hydrogen-bond acceptors (Lipinski definition) is 3. The fraction of sp³-hybridized carbons (Fsp3) is 0.545. The van der Waals surface area contributed by atoms with Crippen LogP contribution < -0.4 is 15.3 Å². The van der Waals surface area contributed by atoms with Crippen LogP contribution in [0.4, 0.5) is 0 Å². The number of hydrogen-bond donors (Lipinski definition) is 0. The summed E-state index contributed by atoms with van der Waals surface area (Å²) in [6.07, 6.45) is 14.9. The Morgan fingerprint density at radius 2 is 1.27 bits per heavy atom. The Labute approximate surface area is 180 Å². The molecule has 1 rings (SSSR count). The molecule has 0 amide bonds. The SMILES string of the molecule is C=CCC(C)[O-].C=CCC(C)[O-].C=CCC(C)[O-].CCC1=[C-]CC=C1.[Hf+4]. The standard InChI is InChI=1S/C7H9.3C5H9O.Hf/c1-2-7-5-3-4-6-7;3*1-3-4-5(2)6;/h3,5H,2,4H2,1H3;3*3,5H,1,4H2,2H3;/q4*-1;+4. The number of rotatable bonds is 7. The van der Waals surface area contributed by atoms with Crippen LogP contribution in [0.25, 0.3) is 0 Å². The Morgan fingerprint density at radius 1 is 0.923 bits per heavy atom. The van der Waals surface area contributed by atoms with Crippen molar-refractivity contribution in [2.75, 3.05) is 0 Å². The van der Waals surface area contributed by atoms with E-state index in [1.54, 1.807) is 39.0 Å². The van der Waals surface area contributed by atoms with Crippen molar-refractivity contribution >= 4 is 0 Å². The van der Waals surface area contributed by atoms with Gasteiger partial charge in [-0.15, -0.1) is 44.5 Å². The molecule has 3 atom stereocenters. The summed E-state index contributed by atoms with van der Waals surface area (Å²) in [7, 11) is 0. The molecule has 3 unspecified atom stereocenters. The minimum absolute atomic E-state index is 0. The molecule has 0 spiro atoms. The molecule has 0 aromatic rings. The van der Waals surface area contributed by atoms with Gasteiger partial charge in [0, 0.05) is 0 Å². The summed E-state index contributed by atoms with van der Waals surface area (Å²) in [6, 6.07) is 0. The normalized spacial score (nSPS) is 14.2. The summed E-state index contributed by atoms with van der Waals surface area (Å²) in [5.74, 6) is 0. The molecule has 0 radical (unpaired) electrons. The maximum absolute atomic E-state index is 10.1. The quantitative estimate of drug-likeness (QED) is 0.291. The zero-order valence-corrected chi connectivity index (χ0v) is 20.6. The molecule has 0 bridgehead atoms. The van der Waals surface area contributed by atoms with Crippen LogP contribution in [0.5, 0.6) is 0 Å². The third-order valence-corrected chi connectivity index (χ3v) is 2.64. The topological polar surface area (TPSA) is 69.2 Å². The van der Waals surface area contributed by atoms with Crippen molar-refractivity contribution < 1.29 is 41.2 Å². The summed E-state index contributed by atoms with van der Waals surface area (Å²) in [5, 5.41) is 30.2. The van der Waals surface area contributed by atoms with E-state index in [1.807, 2.05) is 0 Å². The largest absolute Gasteiger partial charge is 4.00 e. The van der Waals surface area contributed by atoms with E-state index in [0.29, 0.717) is 19.3 Å². The molecule has 0 heterocycles. The molecule has 0 aromatic carbocycles. The van der Waals surface area contributed by atoms with Gasteiger partial charge in [-0.1, -0.05) is 52.3 Å². The summed E-state index contributed by atoms with van der Waals surface area (Å²) < 4.78 is 0. The van der Waals surface area contributed by atoms with Gasteiger partial charge in [-0.05, 0) is 19.3 Å². The fourth-order valence-electron chi connectivity index (χ4n) is 1.40. The minimum atomic E-state index is -0.470. The van der Waals surface area contributed by atoms with E-state index in [-0.39, 0.29) is 25.8 Å². The van der Waals surface area contributed by atoms with Crippen molar-refractivity contribution in [2.24, 2.45) is 0 Å². The van der Waals surface area contributed by atoms with Gasteiger partial charge in [0.15, 0.2) is 0 Å². The molecule has 0 saturated carbocycles.